The van der Waals surface area contributed by atoms with Crippen LogP contribution in [0, 0.1) is 0 Å². The largest absolute Gasteiger partial charge is 0.488 e. The molecule has 3 heterocycles. The molecule has 0 saturated heterocycles. The normalized spacial score (nSPS) is 14.3. The van der Waals surface area contributed by atoms with Crippen LogP contribution in [0.4, 0.5) is 0 Å². The van der Waals surface area contributed by atoms with Crippen LogP contribution in [0.5, 0.6) is 17.2 Å². The van der Waals surface area contributed by atoms with Crippen molar-refractivity contribution in [3.05, 3.63) is 194 Å². The highest BCUT2D eigenvalue weighted by atomic mass is 16.6. The molecule has 362 valence electrons. The molecule has 0 saturated carbocycles. The lowest BCUT2D eigenvalue weighted by atomic mass is 9.95. The molecule has 0 radical (unpaired) electrons. The van der Waals surface area contributed by atoms with E-state index in [1.54, 1.807) is 42.5 Å². The molecular weight excluding hydrogens is 889 g/mol. The summed E-state index contributed by atoms with van der Waals surface area (Å²) >= 11 is 0. The van der Waals surface area contributed by atoms with E-state index < -0.39 is 17.5 Å². The van der Waals surface area contributed by atoms with Crippen molar-refractivity contribution in [1.29, 1.82) is 0 Å². The quantitative estimate of drug-likeness (QED) is 0.139. The van der Waals surface area contributed by atoms with Gasteiger partial charge in [0.2, 0.25) is 0 Å². The Kier molecular flexibility index (Phi) is 15.4. The van der Waals surface area contributed by atoms with Gasteiger partial charge in [0.25, 0.3) is 0 Å². The molecule has 0 aliphatic carbocycles. The summed E-state index contributed by atoms with van der Waals surface area (Å²) in [5.41, 5.74) is 9.48. The zero-order valence-corrected chi connectivity index (χ0v) is 40.6. The maximum atomic E-state index is 12.8. The Labute approximate surface area is 408 Å². The van der Waals surface area contributed by atoms with Crippen molar-refractivity contribution in [3.8, 4) is 17.2 Å². The van der Waals surface area contributed by atoms with Gasteiger partial charge in [0, 0.05) is 27.8 Å². The number of rotatable bonds is 8. The number of ether oxygens (including phenoxy) is 5. The summed E-state index contributed by atoms with van der Waals surface area (Å²) in [5, 5.41) is 17.9. The zero-order valence-electron chi connectivity index (χ0n) is 40.6. The first-order valence-electron chi connectivity index (χ1n) is 23.2. The van der Waals surface area contributed by atoms with Crippen molar-refractivity contribution in [2.24, 2.45) is 0 Å². The molecule has 3 aliphatic heterocycles. The Morgan fingerprint density at radius 2 is 1.04 bits per heavy atom. The number of ketones is 2. The third kappa shape index (κ3) is 12.7. The van der Waals surface area contributed by atoms with Crippen molar-refractivity contribution in [3.63, 3.8) is 0 Å². The average Bonchev–Trinajstić information content (AvgIpc) is 3.61. The van der Waals surface area contributed by atoms with Gasteiger partial charge in [-0.1, -0.05) is 91.9 Å². The first-order valence-corrected chi connectivity index (χ1v) is 23.2. The van der Waals surface area contributed by atoms with Crippen molar-refractivity contribution in [2.75, 3.05) is 0 Å². The number of aliphatic carboxylic acids is 2. The minimum absolute atomic E-state index is 0.0195. The van der Waals surface area contributed by atoms with Gasteiger partial charge in [-0.05, 0) is 118 Å². The fourth-order valence-corrected chi connectivity index (χ4v) is 8.27. The molecule has 12 nitrogen and oxygen atoms in total. The van der Waals surface area contributed by atoms with Crippen LogP contribution >= 0.6 is 0 Å². The Balaban J connectivity index is 0.000000155. The number of benzene rings is 6. The number of carboxylic acids is 2. The summed E-state index contributed by atoms with van der Waals surface area (Å²) in [6, 6.07) is 37.2. The van der Waals surface area contributed by atoms with E-state index in [1.165, 1.54) is 0 Å². The Bertz CT molecular complexity index is 2950. The van der Waals surface area contributed by atoms with E-state index in [2.05, 4.69) is 6.07 Å². The molecule has 0 fully saturated rings. The van der Waals surface area contributed by atoms with Gasteiger partial charge in [-0.25, -0.2) is 0 Å². The molecule has 2 N–H and O–H groups in total. The van der Waals surface area contributed by atoms with Crippen molar-refractivity contribution in [1.82, 2.24) is 0 Å². The van der Waals surface area contributed by atoms with Crippen LogP contribution in [-0.4, -0.2) is 50.9 Å². The summed E-state index contributed by atoms with van der Waals surface area (Å²) in [7, 11) is 0. The molecule has 6 aromatic rings. The number of hydrogen-bond donors (Lipinski definition) is 2. The van der Waals surface area contributed by atoms with E-state index >= 15 is 0 Å². The minimum Gasteiger partial charge on any atom is -0.488 e. The van der Waals surface area contributed by atoms with Crippen molar-refractivity contribution >= 4 is 29.5 Å². The van der Waals surface area contributed by atoms with Gasteiger partial charge in [-0.3, -0.25) is 24.0 Å². The third-order valence-corrected chi connectivity index (χ3v) is 11.5. The van der Waals surface area contributed by atoms with Crippen LogP contribution in [0.2, 0.25) is 0 Å². The monoisotopic (exact) mass is 946 g/mol. The van der Waals surface area contributed by atoms with Crippen LogP contribution in [0.3, 0.4) is 0 Å². The first kappa shape index (κ1) is 50.3. The van der Waals surface area contributed by atoms with E-state index in [9.17, 15) is 24.0 Å². The second-order valence-electron chi connectivity index (χ2n) is 19.3. The van der Waals surface area contributed by atoms with E-state index in [0.717, 1.165) is 50.9 Å². The Morgan fingerprint density at radius 3 is 1.71 bits per heavy atom. The predicted molar refractivity (Wildman–Crippen MR) is 263 cm³/mol. The molecule has 6 aromatic carbocycles. The maximum absolute atomic E-state index is 12.8. The molecule has 0 aromatic heterocycles. The molecule has 1 unspecified atom stereocenters. The predicted octanol–water partition coefficient (Wildman–Crippen LogP) is 10.8. The lowest BCUT2D eigenvalue weighted by Crippen LogP contribution is -2.25. The number of carboxylic acid groups (broad SMARTS) is 2. The number of carbonyl (C=O) groups is 5. The minimum atomic E-state index is -0.907. The first-order chi connectivity index (χ1) is 33.2. The van der Waals surface area contributed by atoms with Gasteiger partial charge in [0.05, 0.1) is 36.0 Å². The smallest absolute Gasteiger partial charge is 0.310 e. The zero-order chi connectivity index (χ0) is 50.3. The fraction of sp³-hybridized carbons (Fsp3) is 0.293. The lowest BCUT2D eigenvalue weighted by molar-refractivity contribution is -0.154. The number of esters is 1. The molecule has 70 heavy (non-hydrogen) atoms. The van der Waals surface area contributed by atoms with Gasteiger partial charge in [-0.15, -0.1) is 0 Å². The molecule has 3 aliphatic rings. The van der Waals surface area contributed by atoms with Crippen LogP contribution < -0.4 is 14.2 Å². The summed E-state index contributed by atoms with van der Waals surface area (Å²) in [6.45, 7) is 14.7. The van der Waals surface area contributed by atoms with E-state index in [1.807, 2.05) is 121 Å². The van der Waals surface area contributed by atoms with Crippen LogP contribution in [0.1, 0.15) is 136 Å². The van der Waals surface area contributed by atoms with Gasteiger partial charge < -0.3 is 33.9 Å². The van der Waals surface area contributed by atoms with Gasteiger partial charge in [0.1, 0.15) is 48.8 Å². The van der Waals surface area contributed by atoms with E-state index in [0.29, 0.717) is 64.9 Å². The summed E-state index contributed by atoms with van der Waals surface area (Å²) in [6.07, 6.45) is 0.648. The molecule has 12 heteroatoms. The molecule has 0 spiro atoms. The molecule has 0 amide bonds. The van der Waals surface area contributed by atoms with Crippen LogP contribution in [0.25, 0.3) is 0 Å². The molecule has 0 bridgehead atoms. The number of aryl methyl sites for hydroxylation is 1. The number of hydrogen-bond acceptors (Lipinski definition) is 10. The summed E-state index contributed by atoms with van der Waals surface area (Å²) in [5.74, 6) is -0.528. The van der Waals surface area contributed by atoms with E-state index in [-0.39, 0.29) is 48.5 Å². The highest BCUT2D eigenvalue weighted by molar-refractivity contribution is 6.13. The molecular formula is C58H58O12. The maximum Gasteiger partial charge on any atom is 0.310 e. The average molecular weight is 947 g/mol. The molecule has 1 atom stereocenters. The summed E-state index contributed by atoms with van der Waals surface area (Å²) < 4.78 is 29.1. The van der Waals surface area contributed by atoms with Crippen molar-refractivity contribution < 1.29 is 57.9 Å². The number of fused-ring (bicyclic) bond motifs is 6. The standard InChI is InChI=1S/C20H20O4.C20H22O4.C18H16O4/c1-20(2,3)24-18(21)11-13-8-9-17-16(10-13)19(22)15-7-5-4-6-14(15)12-23-17;1-20(2,3)24-19-15-7-5-4-6-14(15)12-23-17-10-13(11-18(21)22)8-9-16(17)19;1-2-11-3-5-13-10-22-16-8-12(9-17(19)20)4-6-14(16)18(21)15(13)7-11/h4-10H,11-12H2,1-3H3;4-10,19H,11-12H2,1-3H3,(H,21,22);3-8H,2,9-10H2,1H3,(H,19,20). The molecule has 9 rings (SSSR count). The highest BCUT2D eigenvalue weighted by Crippen LogP contribution is 2.41. The second-order valence-corrected chi connectivity index (χ2v) is 19.3. The summed E-state index contributed by atoms with van der Waals surface area (Å²) in [4.78, 5) is 59.3. The van der Waals surface area contributed by atoms with Crippen LogP contribution in [0.15, 0.2) is 121 Å². The van der Waals surface area contributed by atoms with Gasteiger partial charge in [-0.2, -0.15) is 0 Å². The van der Waals surface area contributed by atoms with Gasteiger partial charge >= 0.3 is 17.9 Å². The van der Waals surface area contributed by atoms with E-state index in [4.69, 9.17) is 33.9 Å². The SMILES string of the molecule is CC(C)(C)OC(=O)Cc1ccc2c(c1)C(=O)c1ccccc1CO2.CC(C)(C)OC1c2ccccc2COc2cc(CC(=O)O)ccc21.CCc1ccc2c(c1)C(=O)c1ccc(CC(=O)O)cc1OC2. The topological polar surface area (TPSA) is 172 Å². The van der Waals surface area contributed by atoms with Crippen molar-refractivity contribution in [2.45, 2.75) is 111 Å². The fourth-order valence-electron chi connectivity index (χ4n) is 8.27. The number of carbonyl (C=O) groups excluding carboxylic acids is 3. The Hall–Kier alpha value is -7.57. The lowest BCUT2D eigenvalue weighted by Gasteiger charge is -2.28. The Morgan fingerprint density at radius 1 is 0.514 bits per heavy atom. The van der Waals surface area contributed by atoms with Gasteiger partial charge in [0.15, 0.2) is 11.6 Å². The highest BCUT2D eigenvalue weighted by Gasteiger charge is 2.30. The van der Waals surface area contributed by atoms with Crippen LogP contribution in [-0.2, 0) is 69.4 Å². The second kappa shape index (κ2) is 21.4. The third-order valence-electron chi connectivity index (χ3n) is 11.5.